The molecule has 0 saturated carbocycles. The van der Waals surface area contributed by atoms with E-state index in [4.69, 9.17) is 0 Å². The largest absolute Gasteiger partial charge is 0.291 e. The normalized spacial score (nSPS) is 10.1. The fourth-order valence-corrected chi connectivity index (χ4v) is 2.09. The molecule has 1 aromatic heterocycles. The zero-order chi connectivity index (χ0) is 8.43. The van der Waals surface area contributed by atoms with E-state index >= 15 is 0 Å². The first kappa shape index (κ1) is 9.05. The van der Waals surface area contributed by atoms with E-state index in [1.807, 2.05) is 13.1 Å². The highest BCUT2D eigenvalue weighted by Gasteiger charge is 2.08. The number of rotatable bonds is 2. The molecule has 0 fully saturated rings. The molecule has 0 aliphatic carbocycles. The molecule has 0 atom stereocenters. The summed E-state index contributed by atoms with van der Waals surface area (Å²) < 4.78 is 1.76. The zero-order valence-corrected chi connectivity index (χ0v) is 9.14. The van der Waals surface area contributed by atoms with Gasteiger partial charge in [0.15, 0.2) is 11.6 Å². The Balaban J connectivity index is 3.12. The summed E-state index contributed by atoms with van der Waals surface area (Å²) in [5.74, 6) is 0.518. The van der Waals surface area contributed by atoms with E-state index in [9.17, 15) is 4.79 Å². The standard InChI is InChI=1S/C6H7IN2OS/c1-4-3-9(11-7)6(8-4)5(2)10/h3H,1-2H3. The highest BCUT2D eigenvalue weighted by atomic mass is 127. The number of Topliss-reactive ketones (excluding diaryl/α,β-unsaturated/α-hetero) is 1. The van der Waals surface area contributed by atoms with Crippen molar-refractivity contribution in [3.8, 4) is 0 Å². The topological polar surface area (TPSA) is 34.9 Å². The second-order valence-electron chi connectivity index (χ2n) is 2.16. The summed E-state index contributed by atoms with van der Waals surface area (Å²) in [4.78, 5) is 15.0. The van der Waals surface area contributed by atoms with Crippen molar-refractivity contribution >= 4 is 36.1 Å². The number of hydrogen-bond donors (Lipinski definition) is 0. The van der Waals surface area contributed by atoms with Gasteiger partial charge in [0.2, 0.25) is 0 Å². The molecule has 3 nitrogen and oxygen atoms in total. The maximum absolute atomic E-state index is 10.9. The molecule has 0 N–H and O–H groups in total. The van der Waals surface area contributed by atoms with E-state index in [-0.39, 0.29) is 5.78 Å². The molecular weight excluding hydrogens is 275 g/mol. The van der Waals surface area contributed by atoms with E-state index in [1.165, 1.54) is 16.0 Å². The third-order valence-corrected chi connectivity index (χ3v) is 2.88. The van der Waals surface area contributed by atoms with Crippen LogP contribution in [0.15, 0.2) is 6.20 Å². The molecule has 0 unspecified atom stereocenters. The van der Waals surface area contributed by atoms with Crippen molar-refractivity contribution in [1.29, 1.82) is 0 Å². The summed E-state index contributed by atoms with van der Waals surface area (Å²) in [5.41, 5.74) is 0.874. The van der Waals surface area contributed by atoms with E-state index in [2.05, 4.69) is 26.2 Å². The van der Waals surface area contributed by atoms with E-state index in [1.54, 1.807) is 3.97 Å². The van der Waals surface area contributed by atoms with Gasteiger partial charge in [-0.1, -0.05) is 0 Å². The summed E-state index contributed by atoms with van der Waals surface area (Å²) in [6.07, 6.45) is 1.84. The fourth-order valence-electron chi connectivity index (χ4n) is 0.763. The second-order valence-corrected chi connectivity index (χ2v) is 3.87. The van der Waals surface area contributed by atoms with Crippen LogP contribution in [0.2, 0.25) is 0 Å². The molecule has 0 bridgehead atoms. The van der Waals surface area contributed by atoms with Crippen LogP contribution in [0.25, 0.3) is 0 Å². The first-order chi connectivity index (χ1) is 5.15. The SMILES string of the molecule is CC(=O)c1nc(C)cn1SI. The van der Waals surface area contributed by atoms with Gasteiger partial charge in [-0.3, -0.25) is 8.77 Å². The Morgan fingerprint density at radius 3 is 2.82 bits per heavy atom. The smallest absolute Gasteiger partial charge is 0.196 e. The minimum absolute atomic E-state index is 0.00210. The van der Waals surface area contributed by atoms with Crippen LogP contribution in [-0.4, -0.2) is 14.7 Å². The number of aromatic nitrogens is 2. The third kappa shape index (κ3) is 1.96. The molecule has 0 radical (unpaired) electrons. The molecule has 11 heavy (non-hydrogen) atoms. The van der Waals surface area contributed by atoms with Crippen molar-refractivity contribution < 1.29 is 4.79 Å². The van der Waals surface area contributed by atoms with Crippen molar-refractivity contribution in [3.63, 3.8) is 0 Å². The molecular formula is C6H7IN2OS. The molecule has 1 heterocycles. The van der Waals surface area contributed by atoms with E-state index in [0.717, 1.165) is 5.69 Å². The van der Waals surface area contributed by atoms with Gasteiger partial charge in [0.05, 0.1) is 5.69 Å². The Labute approximate surface area is 81.3 Å². The number of hydrogen-bond acceptors (Lipinski definition) is 3. The number of aryl methyl sites for hydroxylation is 1. The average Bonchev–Trinajstić information content (AvgIpc) is 2.30. The van der Waals surface area contributed by atoms with Gasteiger partial charge in [-0.05, 0) is 6.92 Å². The zero-order valence-electron chi connectivity index (χ0n) is 6.17. The lowest BCUT2D eigenvalue weighted by atomic mass is 10.4. The number of carbonyl (C=O) groups excluding carboxylic acids is 1. The maximum Gasteiger partial charge on any atom is 0.196 e. The number of ketones is 1. The molecule has 0 aliphatic rings. The highest BCUT2D eigenvalue weighted by Crippen LogP contribution is 2.18. The summed E-state index contributed by atoms with van der Waals surface area (Å²) >= 11 is 2.11. The molecule has 0 amide bonds. The fraction of sp³-hybridized carbons (Fsp3) is 0.333. The van der Waals surface area contributed by atoms with Crippen LogP contribution in [-0.2, 0) is 0 Å². The van der Waals surface area contributed by atoms with Gasteiger partial charge < -0.3 is 0 Å². The van der Waals surface area contributed by atoms with Crippen LogP contribution in [0, 0.1) is 6.92 Å². The average molecular weight is 282 g/mol. The number of carbonyl (C=O) groups is 1. The maximum atomic E-state index is 10.9. The lowest BCUT2D eigenvalue weighted by molar-refractivity contribution is 0.100. The van der Waals surface area contributed by atoms with Crippen molar-refractivity contribution in [2.24, 2.45) is 0 Å². The molecule has 60 valence electrons. The predicted octanol–water partition coefficient (Wildman–Crippen LogP) is 2.24. The molecule has 1 rings (SSSR count). The molecule has 1 aromatic rings. The Kier molecular flexibility index (Phi) is 2.94. The minimum atomic E-state index is 0.00210. The number of nitrogens with zero attached hydrogens (tertiary/aromatic N) is 2. The first-order valence-corrected chi connectivity index (χ1v) is 6.32. The van der Waals surface area contributed by atoms with Gasteiger partial charge in [-0.15, -0.1) is 0 Å². The van der Waals surface area contributed by atoms with Crippen molar-refractivity contribution in [2.45, 2.75) is 13.8 Å². The van der Waals surface area contributed by atoms with Crippen molar-refractivity contribution in [1.82, 2.24) is 8.96 Å². The van der Waals surface area contributed by atoms with Crippen LogP contribution >= 0.6 is 30.3 Å². The Bertz CT molecular complexity index is 284. The lowest BCUT2D eigenvalue weighted by Crippen LogP contribution is -1.99. The van der Waals surface area contributed by atoms with Crippen LogP contribution in [0.4, 0.5) is 0 Å². The van der Waals surface area contributed by atoms with Crippen LogP contribution in [0.5, 0.6) is 0 Å². The summed E-state index contributed by atoms with van der Waals surface area (Å²) in [6.45, 7) is 3.39. The molecule has 0 aliphatic heterocycles. The molecule has 0 saturated heterocycles. The highest BCUT2D eigenvalue weighted by molar-refractivity contribution is 14.2. The Morgan fingerprint density at radius 2 is 2.45 bits per heavy atom. The number of imidazole rings is 1. The van der Waals surface area contributed by atoms with E-state index in [0.29, 0.717) is 5.82 Å². The molecule has 0 aromatic carbocycles. The lowest BCUT2D eigenvalue weighted by Gasteiger charge is -1.95. The summed E-state index contributed by atoms with van der Waals surface area (Å²) in [7, 11) is 1.45. The quantitative estimate of drug-likeness (QED) is 0.616. The summed E-state index contributed by atoms with van der Waals surface area (Å²) in [5, 5.41) is 0. The number of halogens is 1. The van der Waals surface area contributed by atoms with Crippen LogP contribution in [0.3, 0.4) is 0 Å². The van der Waals surface area contributed by atoms with Gasteiger partial charge in [0, 0.05) is 43.4 Å². The predicted molar refractivity (Wildman–Crippen MR) is 54.0 cm³/mol. The second kappa shape index (κ2) is 3.57. The van der Waals surface area contributed by atoms with Gasteiger partial charge in [0.1, 0.15) is 0 Å². The van der Waals surface area contributed by atoms with Gasteiger partial charge in [-0.2, -0.15) is 0 Å². The van der Waals surface area contributed by atoms with Crippen LogP contribution in [0.1, 0.15) is 23.2 Å². The Morgan fingerprint density at radius 1 is 1.82 bits per heavy atom. The van der Waals surface area contributed by atoms with E-state index < -0.39 is 0 Å². The minimum Gasteiger partial charge on any atom is -0.291 e. The first-order valence-electron chi connectivity index (χ1n) is 3.01. The van der Waals surface area contributed by atoms with Gasteiger partial charge in [0.25, 0.3) is 0 Å². The monoisotopic (exact) mass is 282 g/mol. The summed E-state index contributed by atoms with van der Waals surface area (Å²) in [6, 6.07) is 0. The van der Waals surface area contributed by atoms with Crippen LogP contribution < -0.4 is 0 Å². The van der Waals surface area contributed by atoms with Crippen molar-refractivity contribution in [3.05, 3.63) is 17.7 Å². The molecule has 5 heteroatoms. The van der Waals surface area contributed by atoms with Crippen molar-refractivity contribution in [2.75, 3.05) is 0 Å². The molecule has 0 spiro atoms. The van der Waals surface area contributed by atoms with Gasteiger partial charge in [-0.25, -0.2) is 4.98 Å². The Hall–Kier alpha value is -0.0400. The van der Waals surface area contributed by atoms with Gasteiger partial charge >= 0.3 is 0 Å². The third-order valence-electron chi connectivity index (χ3n) is 1.18.